The zero-order valence-electron chi connectivity index (χ0n) is 9.20. The maximum absolute atomic E-state index is 10.7. The number of carbonyl (C=O) groups is 1. The molecule has 3 nitrogen and oxygen atoms in total. The fraction of sp³-hybridized carbons (Fsp3) is 0.100. The number of esters is 1. The number of hydrogen-bond donors (Lipinski definition) is 1. The molecule has 0 radical (unpaired) electrons. The maximum Gasteiger partial charge on any atom is 1.00 e. The van der Waals surface area contributed by atoms with Crippen molar-refractivity contribution < 1.29 is 40.5 Å². The van der Waals surface area contributed by atoms with Crippen molar-refractivity contribution in [3.05, 3.63) is 30.5 Å². The van der Waals surface area contributed by atoms with E-state index in [0.29, 0.717) is 5.75 Å². The molecule has 68 valence electrons. The van der Waals surface area contributed by atoms with Crippen LogP contribution in [0.15, 0.2) is 30.5 Å². The molecule has 14 heavy (non-hydrogen) atoms. The Labute approximate surface area is 105 Å². The molecule has 1 heterocycles. The molecule has 0 spiro atoms. The van der Waals surface area contributed by atoms with Crippen LogP contribution in [0, 0.1) is 0 Å². The third kappa shape index (κ3) is 2.18. The predicted molar refractivity (Wildman–Crippen MR) is 50.7 cm³/mol. The standard InChI is InChI=1S/C10H9NO2.Na.H/c1-7(12)13-10-6-11-9-5-3-2-4-8(9)10;;/h2-6,11H,1H3;;/q;+1;-1. The molecule has 1 N–H and O–H groups in total. The number of nitrogens with one attached hydrogen (secondary N) is 1. The number of carbonyl (C=O) groups excluding carboxylic acids is 1. The molecule has 2 aromatic rings. The van der Waals surface area contributed by atoms with E-state index >= 15 is 0 Å². The van der Waals surface area contributed by atoms with Gasteiger partial charge in [-0.1, -0.05) is 12.1 Å². The summed E-state index contributed by atoms with van der Waals surface area (Å²) in [5.41, 5.74) is 0.971. The number of benzene rings is 1. The molecule has 0 saturated carbocycles. The summed E-state index contributed by atoms with van der Waals surface area (Å²) >= 11 is 0. The summed E-state index contributed by atoms with van der Waals surface area (Å²) in [7, 11) is 0. The largest absolute Gasteiger partial charge is 1.00 e. The predicted octanol–water partition coefficient (Wildman–Crippen LogP) is -0.790. The summed E-state index contributed by atoms with van der Waals surface area (Å²) in [6.07, 6.45) is 1.69. The molecule has 0 aliphatic heterocycles. The van der Waals surface area contributed by atoms with E-state index in [2.05, 4.69) is 4.98 Å². The maximum atomic E-state index is 10.7. The van der Waals surface area contributed by atoms with Crippen molar-refractivity contribution in [2.24, 2.45) is 0 Å². The molecule has 1 aromatic heterocycles. The average Bonchev–Trinajstić information content (AvgIpc) is 2.48. The van der Waals surface area contributed by atoms with Gasteiger partial charge in [0.25, 0.3) is 0 Å². The summed E-state index contributed by atoms with van der Waals surface area (Å²) in [6, 6.07) is 7.67. The van der Waals surface area contributed by atoms with Crippen molar-refractivity contribution in [3.8, 4) is 5.75 Å². The van der Waals surface area contributed by atoms with Crippen LogP contribution in [0.3, 0.4) is 0 Å². The first kappa shape index (κ1) is 11.3. The minimum atomic E-state index is -0.301. The summed E-state index contributed by atoms with van der Waals surface area (Å²) in [5.74, 6) is 0.285. The Kier molecular flexibility index (Phi) is 3.75. The number of aromatic amines is 1. The van der Waals surface area contributed by atoms with Gasteiger partial charge in [0.15, 0.2) is 5.75 Å². The Bertz CT molecular complexity index is 455. The molecule has 0 saturated heterocycles. The van der Waals surface area contributed by atoms with E-state index in [4.69, 9.17) is 4.74 Å². The fourth-order valence-electron chi connectivity index (χ4n) is 1.28. The first-order valence-corrected chi connectivity index (χ1v) is 4.02. The van der Waals surface area contributed by atoms with Gasteiger partial charge in [0.1, 0.15) is 0 Å². The minimum absolute atomic E-state index is 0. The molecule has 2 rings (SSSR count). The fourth-order valence-corrected chi connectivity index (χ4v) is 1.28. The van der Waals surface area contributed by atoms with Crippen molar-refractivity contribution in [2.45, 2.75) is 6.92 Å². The second-order valence-corrected chi connectivity index (χ2v) is 2.79. The molecule has 0 fully saturated rings. The molecule has 0 bridgehead atoms. The van der Waals surface area contributed by atoms with Crippen LogP contribution >= 0.6 is 0 Å². The van der Waals surface area contributed by atoms with Crippen molar-refractivity contribution in [1.29, 1.82) is 0 Å². The van der Waals surface area contributed by atoms with Crippen LogP contribution in [0.1, 0.15) is 8.35 Å². The molecule has 4 heteroatoms. The number of fused-ring (bicyclic) bond motifs is 1. The number of rotatable bonds is 1. The smallest absolute Gasteiger partial charge is 1.00 e. The van der Waals surface area contributed by atoms with Gasteiger partial charge in [-0.05, 0) is 12.1 Å². The van der Waals surface area contributed by atoms with Crippen LogP contribution in [-0.2, 0) is 4.79 Å². The molecular formula is C10H10NNaO2. The van der Waals surface area contributed by atoms with E-state index < -0.39 is 0 Å². The molecule has 0 unspecified atom stereocenters. The first-order chi connectivity index (χ1) is 6.27. The van der Waals surface area contributed by atoms with Crippen LogP contribution in [0.5, 0.6) is 5.75 Å². The van der Waals surface area contributed by atoms with Crippen molar-refractivity contribution in [1.82, 2.24) is 4.98 Å². The van der Waals surface area contributed by atoms with Gasteiger partial charge in [0.2, 0.25) is 0 Å². The summed E-state index contributed by atoms with van der Waals surface area (Å²) in [6.45, 7) is 1.39. The van der Waals surface area contributed by atoms with Gasteiger partial charge in [0.05, 0.1) is 0 Å². The topological polar surface area (TPSA) is 42.1 Å². The minimum Gasteiger partial charge on any atom is -1.00 e. The third-order valence-electron chi connectivity index (χ3n) is 1.80. The van der Waals surface area contributed by atoms with E-state index in [-0.39, 0.29) is 37.0 Å². The quantitative estimate of drug-likeness (QED) is 0.483. The Balaban J connectivity index is 0.000000980. The summed E-state index contributed by atoms with van der Waals surface area (Å²) < 4.78 is 5.00. The van der Waals surface area contributed by atoms with E-state index in [1.165, 1.54) is 6.92 Å². The number of para-hydroxylation sites is 1. The SMILES string of the molecule is CC(=O)Oc1c[nH]c2ccccc12.[H-].[Na+]. The van der Waals surface area contributed by atoms with Gasteiger partial charge in [-0.15, -0.1) is 0 Å². The molecular weight excluding hydrogens is 189 g/mol. The number of aromatic nitrogens is 1. The van der Waals surface area contributed by atoms with Crippen LogP contribution in [0.4, 0.5) is 0 Å². The van der Waals surface area contributed by atoms with Gasteiger partial charge >= 0.3 is 35.5 Å². The van der Waals surface area contributed by atoms with Gasteiger partial charge in [-0.3, -0.25) is 4.79 Å². The molecule has 0 amide bonds. The van der Waals surface area contributed by atoms with Crippen molar-refractivity contribution in [2.75, 3.05) is 0 Å². The third-order valence-corrected chi connectivity index (χ3v) is 1.80. The van der Waals surface area contributed by atoms with E-state index in [9.17, 15) is 4.79 Å². The van der Waals surface area contributed by atoms with Crippen molar-refractivity contribution >= 4 is 16.9 Å². The van der Waals surface area contributed by atoms with E-state index in [0.717, 1.165) is 10.9 Å². The number of H-pyrrole nitrogens is 1. The van der Waals surface area contributed by atoms with Crippen LogP contribution in [0.25, 0.3) is 10.9 Å². The van der Waals surface area contributed by atoms with Gasteiger partial charge in [-0.2, -0.15) is 0 Å². The van der Waals surface area contributed by atoms with Crippen molar-refractivity contribution in [3.63, 3.8) is 0 Å². The van der Waals surface area contributed by atoms with E-state index in [1.807, 2.05) is 24.3 Å². The average molecular weight is 199 g/mol. The molecule has 0 atom stereocenters. The first-order valence-electron chi connectivity index (χ1n) is 4.02. The molecule has 0 aliphatic rings. The zero-order chi connectivity index (χ0) is 9.26. The van der Waals surface area contributed by atoms with Crippen LogP contribution < -0.4 is 34.3 Å². The van der Waals surface area contributed by atoms with Gasteiger partial charge < -0.3 is 11.1 Å². The second kappa shape index (κ2) is 4.64. The summed E-state index contributed by atoms with van der Waals surface area (Å²) in [5, 5.41) is 0.928. The van der Waals surface area contributed by atoms with Gasteiger partial charge in [0, 0.05) is 24.0 Å². The second-order valence-electron chi connectivity index (χ2n) is 2.79. The Morgan fingerprint density at radius 1 is 1.43 bits per heavy atom. The van der Waals surface area contributed by atoms with E-state index in [1.54, 1.807) is 6.20 Å². The Hall–Kier alpha value is -0.770. The molecule has 1 aromatic carbocycles. The zero-order valence-corrected chi connectivity index (χ0v) is 10.2. The van der Waals surface area contributed by atoms with Crippen LogP contribution in [0.2, 0.25) is 0 Å². The Morgan fingerprint density at radius 3 is 2.86 bits per heavy atom. The van der Waals surface area contributed by atoms with Crippen LogP contribution in [-0.4, -0.2) is 11.0 Å². The Morgan fingerprint density at radius 2 is 2.14 bits per heavy atom. The monoisotopic (exact) mass is 199 g/mol. The normalized spacial score (nSPS) is 9.50. The molecule has 0 aliphatic carbocycles. The summed E-state index contributed by atoms with van der Waals surface area (Å²) in [4.78, 5) is 13.7. The number of ether oxygens (including phenoxy) is 1. The van der Waals surface area contributed by atoms with Gasteiger partial charge in [-0.25, -0.2) is 0 Å². The number of hydrogen-bond acceptors (Lipinski definition) is 2.